The van der Waals surface area contributed by atoms with Crippen LogP contribution < -0.4 is 14.2 Å². The molecule has 0 aliphatic heterocycles. The minimum atomic E-state index is -0.926. The summed E-state index contributed by atoms with van der Waals surface area (Å²) in [5.41, 5.74) is 1.45. The lowest BCUT2D eigenvalue weighted by Gasteiger charge is -2.18. The second-order valence-corrected chi connectivity index (χ2v) is 4.70. The van der Waals surface area contributed by atoms with Crippen LogP contribution in [0.15, 0.2) is 24.4 Å². The Balaban J connectivity index is 2.43. The number of nitrogens with one attached hydrogen (secondary N) is 1. The summed E-state index contributed by atoms with van der Waals surface area (Å²) in [5, 5.41) is 15.8. The third-order valence-electron chi connectivity index (χ3n) is 3.19. The van der Waals surface area contributed by atoms with Gasteiger partial charge in [-0.15, -0.1) is 0 Å². The van der Waals surface area contributed by atoms with E-state index in [4.69, 9.17) is 19.3 Å². The van der Waals surface area contributed by atoms with E-state index in [1.54, 1.807) is 31.3 Å². The monoisotopic (exact) mass is 306 g/mol. The third kappa shape index (κ3) is 3.13. The fraction of sp³-hybridized carbons (Fsp3) is 0.333. The normalized spacial score (nSPS) is 11.8. The van der Waals surface area contributed by atoms with Crippen molar-refractivity contribution in [3.05, 3.63) is 24.4 Å². The summed E-state index contributed by atoms with van der Waals surface area (Å²) in [6, 6.07) is 5.34. The topological polar surface area (TPSA) is 93.7 Å². The largest absolute Gasteiger partial charge is 0.493 e. The molecule has 1 unspecified atom stereocenters. The summed E-state index contributed by atoms with van der Waals surface area (Å²) in [7, 11) is 3.03. The van der Waals surface area contributed by atoms with Crippen molar-refractivity contribution in [2.24, 2.45) is 5.92 Å². The van der Waals surface area contributed by atoms with Gasteiger partial charge in [0, 0.05) is 11.8 Å². The summed E-state index contributed by atoms with van der Waals surface area (Å²) in [6.45, 7) is 1.59. The first-order valence-electron chi connectivity index (χ1n) is 6.68. The summed E-state index contributed by atoms with van der Waals surface area (Å²) in [4.78, 5) is 11.0. The van der Waals surface area contributed by atoms with Crippen molar-refractivity contribution in [2.45, 2.75) is 6.92 Å². The number of aliphatic carboxylic acids is 1. The number of hydrogen-bond acceptors (Lipinski definition) is 5. The summed E-state index contributed by atoms with van der Waals surface area (Å²) < 4.78 is 16.3. The van der Waals surface area contributed by atoms with Crippen LogP contribution in [0.4, 0.5) is 0 Å². The lowest BCUT2D eigenvalue weighted by Crippen LogP contribution is -2.18. The van der Waals surface area contributed by atoms with Crippen molar-refractivity contribution < 1.29 is 24.1 Å². The van der Waals surface area contributed by atoms with E-state index in [1.165, 1.54) is 14.2 Å². The second kappa shape index (κ2) is 6.84. The molecule has 0 radical (unpaired) electrons. The predicted octanol–water partition coefficient (Wildman–Crippen LogP) is 2.19. The molecule has 1 heterocycles. The smallest absolute Gasteiger partial charge is 0.309 e. The molecule has 2 N–H and O–H groups in total. The van der Waals surface area contributed by atoms with Crippen LogP contribution in [0.1, 0.15) is 6.92 Å². The van der Waals surface area contributed by atoms with Gasteiger partial charge in [0.25, 0.3) is 0 Å². The molecule has 0 bridgehead atoms. The number of aromatic amines is 1. The Morgan fingerprint density at radius 3 is 2.59 bits per heavy atom. The molecule has 7 nitrogen and oxygen atoms in total. The second-order valence-electron chi connectivity index (χ2n) is 4.70. The van der Waals surface area contributed by atoms with E-state index < -0.39 is 11.9 Å². The fourth-order valence-corrected chi connectivity index (χ4v) is 1.94. The molecule has 7 heteroatoms. The van der Waals surface area contributed by atoms with Gasteiger partial charge in [0.05, 0.1) is 25.8 Å². The van der Waals surface area contributed by atoms with Crippen LogP contribution in [-0.2, 0) is 4.79 Å². The van der Waals surface area contributed by atoms with Crippen molar-refractivity contribution in [3.8, 4) is 28.5 Å². The van der Waals surface area contributed by atoms with Crippen molar-refractivity contribution in [3.63, 3.8) is 0 Å². The molecule has 1 atom stereocenters. The summed E-state index contributed by atoms with van der Waals surface area (Å²) >= 11 is 0. The molecule has 1 aromatic carbocycles. The van der Waals surface area contributed by atoms with E-state index in [1.807, 2.05) is 0 Å². The minimum absolute atomic E-state index is 0.0139. The summed E-state index contributed by atoms with van der Waals surface area (Å²) in [6.07, 6.45) is 1.62. The van der Waals surface area contributed by atoms with Crippen molar-refractivity contribution in [1.82, 2.24) is 10.2 Å². The zero-order chi connectivity index (χ0) is 16.1. The van der Waals surface area contributed by atoms with Gasteiger partial charge in [-0.2, -0.15) is 5.10 Å². The molecule has 0 aliphatic rings. The Labute approximate surface area is 127 Å². The molecule has 22 heavy (non-hydrogen) atoms. The molecule has 2 rings (SSSR count). The number of carboxylic acids is 1. The Bertz CT molecular complexity index is 640. The average Bonchev–Trinajstić information content (AvgIpc) is 3.05. The number of ether oxygens (including phenoxy) is 3. The Morgan fingerprint density at radius 2 is 2.05 bits per heavy atom. The maximum Gasteiger partial charge on any atom is 0.309 e. The molecule has 0 fully saturated rings. The molecule has 0 aliphatic carbocycles. The van der Waals surface area contributed by atoms with Gasteiger partial charge < -0.3 is 19.3 Å². The number of hydrogen-bond donors (Lipinski definition) is 2. The first-order valence-corrected chi connectivity index (χ1v) is 6.68. The van der Waals surface area contributed by atoms with E-state index >= 15 is 0 Å². The number of aromatic nitrogens is 2. The number of benzene rings is 1. The van der Waals surface area contributed by atoms with Crippen LogP contribution in [0.25, 0.3) is 11.3 Å². The van der Waals surface area contributed by atoms with E-state index in [2.05, 4.69) is 10.2 Å². The number of carbonyl (C=O) groups is 1. The maximum absolute atomic E-state index is 11.0. The van der Waals surface area contributed by atoms with Gasteiger partial charge in [-0.05, 0) is 25.1 Å². The lowest BCUT2D eigenvalue weighted by atomic mass is 10.1. The summed E-state index contributed by atoms with van der Waals surface area (Å²) in [5.74, 6) is -0.245. The zero-order valence-corrected chi connectivity index (χ0v) is 12.6. The van der Waals surface area contributed by atoms with Crippen molar-refractivity contribution >= 4 is 5.97 Å². The Hall–Kier alpha value is -2.70. The van der Waals surface area contributed by atoms with Crippen LogP contribution >= 0.6 is 0 Å². The highest BCUT2D eigenvalue weighted by molar-refractivity contribution is 5.74. The SMILES string of the molecule is COc1ccc(-c2ccn[nH]2)c(OCC(C)C(=O)O)c1OC. The highest BCUT2D eigenvalue weighted by atomic mass is 16.5. The lowest BCUT2D eigenvalue weighted by molar-refractivity contribution is -0.142. The Kier molecular flexibility index (Phi) is 4.88. The maximum atomic E-state index is 11.0. The molecular weight excluding hydrogens is 288 g/mol. The van der Waals surface area contributed by atoms with Gasteiger partial charge in [-0.25, -0.2) is 0 Å². The minimum Gasteiger partial charge on any atom is -0.493 e. The van der Waals surface area contributed by atoms with E-state index in [9.17, 15) is 4.79 Å². The van der Waals surface area contributed by atoms with Crippen LogP contribution in [-0.4, -0.2) is 42.1 Å². The number of rotatable bonds is 7. The molecule has 2 aromatic rings. The van der Waals surface area contributed by atoms with E-state index in [0.29, 0.717) is 22.8 Å². The molecule has 0 spiro atoms. The molecule has 0 saturated heterocycles. The van der Waals surface area contributed by atoms with E-state index in [0.717, 1.165) is 5.69 Å². The van der Waals surface area contributed by atoms with Crippen LogP contribution in [0, 0.1) is 5.92 Å². The molecule has 0 saturated carbocycles. The Morgan fingerprint density at radius 1 is 1.27 bits per heavy atom. The molecular formula is C15H18N2O5. The standard InChI is InChI=1S/C15H18N2O5/c1-9(15(18)19)8-22-13-10(11-6-7-16-17-11)4-5-12(20-2)14(13)21-3/h4-7,9H,8H2,1-3H3,(H,16,17)(H,18,19). The van der Waals surface area contributed by atoms with Crippen LogP contribution in [0.5, 0.6) is 17.2 Å². The number of nitrogens with zero attached hydrogens (tertiary/aromatic N) is 1. The van der Waals surface area contributed by atoms with Gasteiger partial charge in [0.15, 0.2) is 11.5 Å². The zero-order valence-electron chi connectivity index (χ0n) is 12.6. The first-order chi connectivity index (χ1) is 10.6. The first kappa shape index (κ1) is 15.7. The fourth-order valence-electron chi connectivity index (χ4n) is 1.94. The highest BCUT2D eigenvalue weighted by Crippen LogP contribution is 2.44. The molecule has 1 aromatic heterocycles. The van der Waals surface area contributed by atoms with Crippen LogP contribution in [0.2, 0.25) is 0 Å². The van der Waals surface area contributed by atoms with Crippen molar-refractivity contribution in [1.29, 1.82) is 0 Å². The third-order valence-corrected chi connectivity index (χ3v) is 3.19. The van der Waals surface area contributed by atoms with Gasteiger partial charge in [-0.3, -0.25) is 9.89 Å². The molecule has 0 amide bonds. The van der Waals surface area contributed by atoms with E-state index in [-0.39, 0.29) is 6.61 Å². The number of methoxy groups -OCH3 is 2. The van der Waals surface area contributed by atoms with Gasteiger partial charge in [0.2, 0.25) is 5.75 Å². The number of H-pyrrole nitrogens is 1. The van der Waals surface area contributed by atoms with Gasteiger partial charge >= 0.3 is 5.97 Å². The van der Waals surface area contributed by atoms with Gasteiger partial charge in [0.1, 0.15) is 6.61 Å². The number of carboxylic acid groups (broad SMARTS) is 1. The predicted molar refractivity (Wildman–Crippen MR) is 79.4 cm³/mol. The van der Waals surface area contributed by atoms with Crippen molar-refractivity contribution in [2.75, 3.05) is 20.8 Å². The van der Waals surface area contributed by atoms with Gasteiger partial charge in [-0.1, -0.05) is 0 Å². The average molecular weight is 306 g/mol. The highest BCUT2D eigenvalue weighted by Gasteiger charge is 2.20. The van der Waals surface area contributed by atoms with Crippen LogP contribution in [0.3, 0.4) is 0 Å². The quantitative estimate of drug-likeness (QED) is 0.814. The molecule has 118 valence electrons.